The van der Waals surface area contributed by atoms with Crippen LogP contribution in [0.25, 0.3) is 0 Å². The Hall–Kier alpha value is -2.74. The molecule has 3 aromatic carbocycles. The van der Waals surface area contributed by atoms with Crippen LogP contribution in [0.4, 0.5) is 0 Å². The summed E-state index contributed by atoms with van der Waals surface area (Å²) in [7, 11) is 0. The van der Waals surface area contributed by atoms with Crippen molar-refractivity contribution in [2.75, 3.05) is 0 Å². The second kappa shape index (κ2) is 4.38. The fourth-order valence-corrected chi connectivity index (χ4v) is 3.31. The van der Waals surface area contributed by atoms with Gasteiger partial charge in [0.2, 0.25) is 0 Å². The number of benzene rings is 3. The van der Waals surface area contributed by atoms with E-state index < -0.39 is 0 Å². The molecule has 2 heteroatoms. The molecule has 2 aliphatic heterocycles. The van der Waals surface area contributed by atoms with Gasteiger partial charge in [0.1, 0.15) is 23.0 Å². The van der Waals surface area contributed by atoms with Crippen molar-refractivity contribution >= 4 is 0 Å². The summed E-state index contributed by atoms with van der Waals surface area (Å²) in [4.78, 5) is 0. The Labute approximate surface area is 128 Å². The number of hydrogen-bond donors (Lipinski definition) is 0. The molecule has 0 atom stereocenters. The molecule has 2 heterocycles. The summed E-state index contributed by atoms with van der Waals surface area (Å²) in [6.07, 6.45) is 1.78. The lowest BCUT2D eigenvalue weighted by Gasteiger charge is -2.27. The van der Waals surface area contributed by atoms with Crippen molar-refractivity contribution in [3.05, 3.63) is 82.9 Å². The Morgan fingerprint density at radius 3 is 2.05 bits per heavy atom. The van der Waals surface area contributed by atoms with Crippen LogP contribution >= 0.6 is 0 Å². The summed E-state index contributed by atoms with van der Waals surface area (Å²) >= 11 is 0. The molecule has 0 bridgehead atoms. The molecule has 0 fully saturated rings. The van der Waals surface area contributed by atoms with Gasteiger partial charge in [-0.2, -0.15) is 0 Å². The van der Waals surface area contributed by atoms with E-state index >= 15 is 0 Å². The van der Waals surface area contributed by atoms with E-state index in [-0.39, 0.29) is 0 Å². The van der Waals surface area contributed by atoms with Crippen LogP contribution in [-0.2, 0) is 12.8 Å². The number of ether oxygens (including phenoxy) is 2. The van der Waals surface area contributed by atoms with Crippen molar-refractivity contribution < 1.29 is 9.47 Å². The molecule has 0 saturated heterocycles. The van der Waals surface area contributed by atoms with E-state index in [9.17, 15) is 0 Å². The molecule has 0 unspecified atom stereocenters. The van der Waals surface area contributed by atoms with Gasteiger partial charge in [0.25, 0.3) is 0 Å². The predicted molar refractivity (Wildman–Crippen MR) is 85.1 cm³/mol. The van der Waals surface area contributed by atoms with Crippen molar-refractivity contribution in [1.82, 2.24) is 0 Å². The first-order chi connectivity index (χ1) is 10.9. The molecule has 2 aliphatic rings. The third-order valence-corrected chi connectivity index (χ3v) is 4.42. The molecule has 0 amide bonds. The zero-order chi connectivity index (χ0) is 14.5. The predicted octanol–water partition coefficient (Wildman–Crippen LogP) is 5.08. The molecular formula is C20H14O2. The molecule has 0 aliphatic carbocycles. The van der Waals surface area contributed by atoms with E-state index in [0.717, 1.165) is 41.4 Å². The summed E-state index contributed by atoms with van der Waals surface area (Å²) in [5, 5.41) is 0. The smallest absolute Gasteiger partial charge is 0.138 e. The fraction of sp³-hybridized carbons (Fsp3) is 0.100. The highest BCUT2D eigenvalue weighted by Crippen LogP contribution is 2.46. The maximum Gasteiger partial charge on any atom is 0.138 e. The minimum absolute atomic E-state index is 0.858. The van der Waals surface area contributed by atoms with E-state index in [4.69, 9.17) is 9.47 Å². The van der Waals surface area contributed by atoms with E-state index in [1.54, 1.807) is 0 Å². The van der Waals surface area contributed by atoms with Crippen LogP contribution in [0.2, 0.25) is 0 Å². The summed E-state index contributed by atoms with van der Waals surface area (Å²) in [5.74, 6) is 3.80. The maximum atomic E-state index is 6.21. The third kappa shape index (κ3) is 1.67. The Morgan fingerprint density at radius 2 is 1.23 bits per heavy atom. The molecule has 106 valence electrons. The molecule has 0 radical (unpaired) electrons. The lowest BCUT2D eigenvalue weighted by atomic mass is 9.93. The minimum Gasteiger partial charge on any atom is -0.457 e. The number of hydrogen-bond acceptors (Lipinski definition) is 2. The molecule has 0 saturated carbocycles. The summed E-state index contributed by atoms with van der Waals surface area (Å²) in [6.45, 7) is 0. The van der Waals surface area contributed by atoms with Crippen molar-refractivity contribution in [3.63, 3.8) is 0 Å². The van der Waals surface area contributed by atoms with Gasteiger partial charge in [0, 0.05) is 18.4 Å². The van der Waals surface area contributed by atoms with Crippen molar-refractivity contribution in [3.8, 4) is 23.0 Å². The van der Waals surface area contributed by atoms with Crippen LogP contribution in [0.3, 0.4) is 0 Å². The second-order valence-electron chi connectivity index (χ2n) is 5.80. The Balaban J connectivity index is 1.64. The number of fused-ring (bicyclic) bond motifs is 5. The molecule has 3 aromatic rings. The van der Waals surface area contributed by atoms with E-state index in [0.29, 0.717) is 0 Å². The van der Waals surface area contributed by atoms with Gasteiger partial charge in [-0.1, -0.05) is 42.5 Å². The van der Waals surface area contributed by atoms with Gasteiger partial charge in [-0.25, -0.2) is 0 Å². The maximum absolute atomic E-state index is 6.21. The Morgan fingerprint density at radius 1 is 0.545 bits per heavy atom. The monoisotopic (exact) mass is 286 g/mol. The zero-order valence-corrected chi connectivity index (χ0v) is 12.0. The highest BCUT2D eigenvalue weighted by molar-refractivity contribution is 5.61. The van der Waals surface area contributed by atoms with Gasteiger partial charge >= 0.3 is 0 Å². The van der Waals surface area contributed by atoms with Crippen molar-refractivity contribution in [2.45, 2.75) is 12.8 Å². The number of para-hydroxylation sites is 2. The minimum atomic E-state index is 0.858. The largest absolute Gasteiger partial charge is 0.457 e. The van der Waals surface area contributed by atoms with Gasteiger partial charge in [0.05, 0.1) is 0 Å². The molecule has 0 aromatic heterocycles. The average molecular weight is 286 g/mol. The fourth-order valence-electron chi connectivity index (χ4n) is 3.31. The standard InChI is InChI=1S/C20H14O2/c1-4-8-18-13(5-1)11-15-9-10-19-16(20(15)22-18)12-14-6-2-3-7-17(14)21-19/h1-10H,11-12H2. The zero-order valence-electron chi connectivity index (χ0n) is 12.0. The summed E-state index contributed by atoms with van der Waals surface area (Å²) in [6, 6.07) is 20.6. The van der Waals surface area contributed by atoms with E-state index in [2.05, 4.69) is 36.4 Å². The highest BCUT2D eigenvalue weighted by atomic mass is 16.5. The molecule has 22 heavy (non-hydrogen) atoms. The van der Waals surface area contributed by atoms with Gasteiger partial charge in [0.15, 0.2) is 0 Å². The number of rotatable bonds is 0. The first-order valence-corrected chi connectivity index (χ1v) is 7.55. The molecule has 5 rings (SSSR count). The SMILES string of the molecule is c1ccc2c(c1)Cc1c(ccc3c1Oc1ccccc1C3)O2. The first-order valence-electron chi connectivity index (χ1n) is 7.55. The summed E-state index contributed by atoms with van der Waals surface area (Å²) in [5.41, 5.74) is 4.85. The topological polar surface area (TPSA) is 18.5 Å². The van der Waals surface area contributed by atoms with Gasteiger partial charge in [-0.15, -0.1) is 0 Å². The van der Waals surface area contributed by atoms with Crippen molar-refractivity contribution in [2.24, 2.45) is 0 Å². The van der Waals surface area contributed by atoms with Crippen LogP contribution in [0.1, 0.15) is 22.3 Å². The van der Waals surface area contributed by atoms with Crippen LogP contribution in [-0.4, -0.2) is 0 Å². The average Bonchev–Trinajstić information content (AvgIpc) is 2.58. The highest BCUT2D eigenvalue weighted by Gasteiger charge is 2.26. The molecular weight excluding hydrogens is 272 g/mol. The second-order valence-corrected chi connectivity index (χ2v) is 5.80. The van der Waals surface area contributed by atoms with Gasteiger partial charge in [-0.05, 0) is 34.9 Å². The normalized spacial score (nSPS) is 13.8. The van der Waals surface area contributed by atoms with Gasteiger partial charge < -0.3 is 9.47 Å². The van der Waals surface area contributed by atoms with Crippen LogP contribution in [0, 0.1) is 0 Å². The molecule has 0 N–H and O–H groups in total. The first kappa shape index (κ1) is 11.9. The van der Waals surface area contributed by atoms with E-state index in [1.165, 1.54) is 16.7 Å². The van der Waals surface area contributed by atoms with Crippen LogP contribution < -0.4 is 9.47 Å². The Bertz CT molecular complexity index is 821. The van der Waals surface area contributed by atoms with Crippen molar-refractivity contribution in [1.29, 1.82) is 0 Å². The Kier molecular flexibility index (Phi) is 2.36. The molecule has 0 spiro atoms. The van der Waals surface area contributed by atoms with E-state index in [1.807, 2.05) is 24.3 Å². The molecule has 2 nitrogen and oxygen atoms in total. The van der Waals surface area contributed by atoms with Gasteiger partial charge in [-0.3, -0.25) is 0 Å². The summed E-state index contributed by atoms with van der Waals surface area (Å²) < 4.78 is 12.3. The lowest BCUT2D eigenvalue weighted by molar-refractivity contribution is 0.426. The van der Waals surface area contributed by atoms with Crippen LogP contribution in [0.5, 0.6) is 23.0 Å². The quantitative estimate of drug-likeness (QED) is 0.395. The lowest BCUT2D eigenvalue weighted by Crippen LogP contribution is -2.10. The third-order valence-electron chi connectivity index (χ3n) is 4.42. The van der Waals surface area contributed by atoms with Crippen LogP contribution in [0.15, 0.2) is 60.7 Å².